The lowest BCUT2D eigenvalue weighted by atomic mass is 10.3. The summed E-state index contributed by atoms with van der Waals surface area (Å²) in [6, 6.07) is 1.09. The highest BCUT2D eigenvalue weighted by Crippen LogP contribution is 2.05. The van der Waals surface area contributed by atoms with E-state index in [1.807, 2.05) is 16.8 Å². The molecule has 98 valence electrons. The van der Waals surface area contributed by atoms with Crippen molar-refractivity contribution in [2.75, 3.05) is 13.1 Å². The highest BCUT2D eigenvalue weighted by molar-refractivity contribution is 7.07. The molecule has 0 radical (unpaired) electrons. The highest BCUT2D eigenvalue weighted by Gasteiger charge is 2.19. The van der Waals surface area contributed by atoms with Gasteiger partial charge in [0.2, 0.25) is 0 Å². The van der Waals surface area contributed by atoms with Crippen LogP contribution >= 0.6 is 11.3 Å². The van der Waals surface area contributed by atoms with Crippen LogP contribution < -0.4 is 5.32 Å². The summed E-state index contributed by atoms with van der Waals surface area (Å²) < 4.78 is 0. The van der Waals surface area contributed by atoms with E-state index in [1.165, 1.54) is 11.3 Å². The minimum Gasteiger partial charge on any atom is -0.480 e. The molecule has 0 saturated carbocycles. The fourth-order valence-corrected chi connectivity index (χ4v) is 1.88. The summed E-state index contributed by atoms with van der Waals surface area (Å²) in [5.41, 5.74) is 0.874. The molecule has 0 aliphatic rings. The maximum Gasteiger partial charge on any atom is 0.323 e. The van der Waals surface area contributed by atoms with Crippen molar-refractivity contribution in [2.24, 2.45) is 0 Å². The third kappa shape index (κ3) is 4.83. The minimum atomic E-state index is -1.26. The molecule has 7 nitrogen and oxygen atoms in total. The Labute approximate surface area is 107 Å². The Kier molecular flexibility index (Phi) is 5.12. The molecular weight excluding hydrogens is 260 g/mol. The van der Waals surface area contributed by atoms with Gasteiger partial charge in [0.15, 0.2) is 0 Å². The fraction of sp³-hybridized carbons (Fsp3) is 0.300. The van der Waals surface area contributed by atoms with Gasteiger partial charge in [0.1, 0.15) is 13.1 Å². The van der Waals surface area contributed by atoms with Gasteiger partial charge in [-0.1, -0.05) is 0 Å². The lowest BCUT2D eigenvalue weighted by Gasteiger charge is -2.18. The zero-order valence-corrected chi connectivity index (χ0v) is 10.1. The molecule has 1 rings (SSSR count). The first kappa shape index (κ1) is 14.0. The molecule has 3 N–H and O–H groups in total. The van der Waals surface area contributed by atoms with Crippen molar-refractivity contribution in [2.45, 2.75) is 6.54 Å². The Morgan fingerprint density at radius 2 is 1.83 bits per heavy atom. The van der Waals surface area contributed by atoms with E-state index in [-0.39, 0.29) is 6.54 Å². The van der Waals surface area contributed by atoms with Crippen molar-refractivity contribution in [1.29, 1.82) is 0 Å². The lowest BCUT2D eigenvalue weighted by Crippen LogP contribution is -2.45. The van der Waals surface area contributed by atoms with Crippen LogP contribution in [0, 0.1) is 0 Å². The molecule has 0 aromatic carbocycles. The maximum absolute atomic E-state index is 11.6. The lowest BCUT2D eigenvalue weighted by molar-refractivity contribution is -0.140. The summed E-state index contributed by atoms with van der Waals surface area (Å²) in [5.74, 6) is -2.52. The van der Waals surface area contributed by atoms with Crippen molar-refractivity contribution >= 4 is 29.3 Å². The topological polar surface area (TPSA) is 107 Å². The predicted octanol–water partition coefficient (Wildman–Crippen LogP) is 0.429. The number of thiophene rings is 1. The van der Waals surface area contributed by atoms with E-state index in [2.05, 4.69) is 5.32 Å². The second-order valence-electron chi connectivity index (χ2n) is 3.43. The Bertz CT molecular complexity index is 415. The number of urea groups is 1. The van der Waals surface area contributed by atoms with Gasteiger partial charge in [0.25, 0.3) is 0 Å². The van der Waals surface area contributed by atoms with Gasteiger partial charge in [-0.15, -0.1) is 0 Å². The van der Waals surface area contributed by atoms with Gasteiger partial charge in [-0.25, -0.2) is 4.79 Å². The molecule has 0 aliphatic carbocycles. The molecule has 0 fully saturated rings. The molecule has 2 amide bonds. The van der Waals surface area contributed by atoms with E-state index >= 15 is 0 Å². The van der Waals surface area contributed by atoms with E-state index in [1.54, 1.807) is 0 Å². The summed E-state index contributed by atoms with van der Waals surface area (Å²) in [7, 11) is 0. The van der Waals surface area contributed by atoms with Crippen LogP contribution in [0.5, 0.6) is 0 Å². The Hall–Kier alpha value is -2.09. The van der Waals surface area contributed by atoms with Gasteiger partial charge >= 0.3 is 18.0 Å². The number of hydrogen-bond donors (Lipinski definition) is 3. The van der Waals surface area contributed by atoms with Crippen molar-refractivity contribution in [3.63, 3.8) is 0 Å². The Balaban J connectivity index is 2.52. The van der Waals surface area contributed by atoms with Crippen molar-refractivity contribution in [1.82, 2.24) is 10.2 Å². The molecule has 0 aliphatic heterocycles. The third-order valence-electron chi connectivity index (χ3n) is 1.96. The van der Waals surface area contributed by atoms with Crippen molar-refractivity contribution in [3.05, 3.63) is 22.4 Å². The molecule has 1 aromatic rings. The summed E-state index contributed by atoms with van der Waals surface area (Å²) in [4.78, 5) is 33.4. The van der Waals surface area contributed by atoms with Crippen LogP contribution in [0.4, 0.5) is 4.79 Å². The number of nitrogens with one attached hydrogen (secondary N) is 1. The standard InChI is InChI=1S/C10H12N2O5S/c13-8(14)4-12(5-9(15)16)10(17)11-3-7-1-2-18-6-7/h1-2,6H,3-5H2,(H,11,17)(H,13,14)(H,15,16). The van der Waals surface area contributed by atoms with E-state index in [4.69, 9.17) is 10.2 Å². The first-order valence-electron chi connectivity index (χ1n) is 4.96. The van der Waals surface area contributed by atoms with Crippen molar-refractivity contribution < 1.29 is 24.6 Å². The van der Waals surface area contributed by atoms with Crippen LogP contribution in [-0.4, -0.2) is 46.2 Å². The number of carbonyl (C=O) groups is 3. The quantitative estimate of drug-likeness (QED) is 0.696. The molecule has 8 heteroatoms. The zero-order chi connectivity index (χ0) is 13.5. The average Bonchev–Trinajstić information content (AvgIpc) is 2.76. The fourth-order valence-electron chi connectivity index (χ4n) is 1.21. The Morgan fingerprint density at radius 1 is 1.22 bits per heavy atom. The van der Waals surface area contributed by atoms with Gasteiger partial charge in [-0.05, 0) is 22.4 Å². The first-order valence-corrected chi connectivity index (χ1v) is 5.90. The molecule has 1 aromatic heterocycles. The van der Waals surface area contributed by atoms with Gasteiger partial charge < -0.3 is 20.4 Å². The number of aliphatic carboxylic acids is 2. The number of carboxylic acids is 2. The van der Waals surface area contributed by atoms with Crippen LogP contribution in [0.3, 0.4) is 0 Å². The molecule has 18 heavy (non-hydrogen) atoms. The van der Waals surface area contributed by atoms with E-state index in [9.17, 15) is 14.4 Å². The molecule has 1 heterocycles. The second-order valence-corrected chi connectivity index (χ2v) is 4.21. The third-order valence-corrected chi connectivity index (χ3v) is 2.70. The van der Waals surface area contributed by atoms with Crippen LogP contribution in [0.2, 0.25) is 0 Å². The molecule has 0 unspecified atom stereocenters. The highest BCUT2D eigenvalue weighted by atomic mass is 32.1. The molecule has 0 bridgehead atoms. The first-order chi connectivity index (χ1) is 8.49. The summed E-state index contributed by atoms with van der Waals surface area (Å²) >= 11 is 1.47. The van der Waals surface area contributed by atoms with E-state index < -0.39 is 31.1 Å². The number of carboxylic acid groups (broad SMARTS) is 2. The van der Waals surface area contributed by atoms with Gasteiger partial charge in [0, 0.05) is 6.54 Å². The average molecular weight is 272 g/mol. The number of hydrogen-bond acceptors (Lipinski definition) is 4. The van der Waals surface area contributed by atoms with Crippen LogP contribution in [0.1, 0.15) is 5.56 Å². The summed E-state index contributed by atoms with van der Waals surface area (Å²) in [5, 5.41) is 23.3. The summed E-state index contributed by atoms with van der Waals surface area (Å²) in [6.45, 7) is -1.07. The molecule has 0 saturated heterocycles. The SMILES string of the molecule is O=C(O)CN(CC(=O)O)C(=O)NCc1ccsc1. The van der Waals surface area contributed by atoms with Crippen LogP contribution in [0.15, 0.2) is 16.8 Å². The number of carbonyl (C=O) groups excluding carboxylic acids is 1. The second kappa shape index (κ2) is 6.60. The minimum absolute atomic E-state index is 0.234. The maximum atomic E-state index is 11.6. The van der Waals surface area contributed by atoms with E-state index in [0.29, 0.717) is 0 Å². The summed E-state index contributed by atoms with van der Waals surface area (Å²) in [6.07, 6.45) is 0. The van der Waals surface area contributed by atoms with Crippen LogP contribution in [-0.2, 0) is 16.1 Å². The number of rotatable bonds is 6. The normalized spacial score (nSPS) is 9.78. The van der Waals surface area contributed by atoms with Gasteiger partial charge in [-0.3, -0.25) is 9.59 Å². The molecule has 0 atom stereocenters. The molecular formula is C10H12N2O5S. The molecule has 0 spiro atoms. The van der Waals surface area contributed by atoms with Crippen molar-refractivity contribution in [3.8, 4) is 0 Å². The smallest absolute Gasteiger partial charge is 0.323 e. The number of amides is 2. The largest absolute Gasteiger partial charge is 0.480 e. The van der Waals surface area contributed by atoms with E-state index in [0.717, 1.165) is 10.5 Å². The van der Waals surface area contributed by atoms with Gasteiger partial charge in [0.05, 0.1) is 0 Å². The van der Waals surface area contributed by atoms with Crippen LogP contribution in [0.25, 0.3) is 0 Å². The predicted molar refractivity (Wildman–Crippen MR) is 63.4 cm³/mol. The Morgan fingerprint density at radius 3 is 2.28 bits per heavy atom. The monoisotopic (exact) mass is 272 g/mol. The zero-order valence-electron chi connectivity index (χ0n) is 9.33. The number of nitrogens with zero attached hydrogens (tertiary/aromatic N) is 1. The van der Waals surface area contributed by atoms with Gasteiger partial charge in [-0.2, -0.15) is 11.3 Å².